The smallest absolute Gasteiger partial charge is 0.276 e. The Hall–Kier alpha value is -1.60. The summed E-state index contributed by atoms with van der Waals surface area (Å²) in [7, 11) is 4.75. The third-order valence-electron chi connectivity index (χ3n) is 2.88. The maximum atomic E-state index is 11.9. The van der Waals surface area contributed by atoms with E-state index in [1.54, 1.807) is 39.5 Å². The van der Waals surface area contributed by atoms with E-state index in [4.69, 9.17) is 21.7 Å². The zero-order valence-electron chi connectivity index (χ0n) is 11.2. The molecule has 0 unspecified atom stereocenters. The fourth-order valence-electron chi connectivity index (χ4n) is 1.76. The number of benzene rings is 1. The van der Waals surface area contributed by atoms with Gasteiger partial charge in [0.15, 0.2) is 16.6 Å². The highest BCUT2D eigenvalue weighted by Gasteiger charge is 2.27. The van der Waals surface area contributed by atoms with Crippen molar-refractivity contribution in [3.05, 3.63) is 27.9 Å². The van der Waals surface area contributed by atoms with E-state index in [0.717, 1.165) is 10.0 Å². The van der Waals surface area contributed by atoms with Crippen LogP contribution in [0.2, 0.25) is 0 Å². The summed E-state index contributed by atoms with van der Waals surface area (Å²) in [4.78, 5) is 13.3. The minimum atomic E-state index is -0.170. The number of thiocarbonyl (C=S) groups is 1. The largest absolute Gasteiger partial charge is 0.493 e. The molecular weight excluding hydrogens is 344 g/mol. The number of amides is 1. The van der Waals surface area contributed by atoms with E-state index in [-0.39, 0.29) is 5.91 Å². The number of hydrogen-bond donors (Lipinski definition) is 1. The second-order valence-corrected chi connectivity index (χ2v) is 5.32. The third kappa shape index (κ3) is 2.64. The normalized spacial score (nSPS) is 16.6. The molecule has 2 rings (SSSR count). The molecule has 1 aliphatic heterocycles. The van der Waals surface area contributed by atoms with Crippen LogP contribution >= 0.6 is 28.1 Å². The van der Waals surface area contributed by atoms with E-state index in [1.807, 2.05) is 0 Å². The molecule has 5 nitrogen and oxygen atoms in total. The standard InChI is InChI=1S/C13H13BrN2O3S/c1-16-12(17)9(15-13(16)20)4-7-5-10(18-2)11(19-3)6-8(7)14/h4-6H,1-3H3,(H,15,20). The molecule has 1 aromatic rings. The highest BCUT2D eigenvalue weighted by atomic mass is 79.9. The zero-order valence-corrected chi connectivity index (χ0v) is 13.6. The number of ether oxygens (including phenoxy) is 2. The molecule has 7 heteroatoms. The number of hydrogen-bond acceptors (Lipinski definition) is 4. The summed E-state index contributed by atoms with van der Waals surface area (Å²) >= 11 is 8.47. The molecule has 0 saturated carbocycles. The highest BCUT2D eigenvalue weighted by Crippen LogP contribution is 2.34. The molecule has 106 valence electrons. The van der Waals surface area contributed by atoms with Crippen molar-refractivity contribution >= 4 is 45.2 Å². The number of rotatable bonds is 3. The summed E-state index contributed by atoms with van der Waals surface area (Å²) in [6.45, 7) is 0. The van der Waals surface area contributed by atoms with Gasteiger partial charge in [-0.3, -0.25) is 9.69 Å². The summed E-state index contributed by atoms with van der Waals surface area (Å²) in [6.07, 6.45) is 1.71. The Morgan fingerprint density at radius 1 is 1.30 bits per heavy atom. The van der Waals surface area contributed by atoms with Crippen LogP contribution in [0.25, 0.3) is 6.08 Å². The van der Waals surface area contributed by atoms with Crippen molar-refractivity contribution in [1.29, 1.82) is 0 Å². The number of methoxy groups -OCH3 is 2. The molecule has 1 saturated heterocycles. The molecule has 1 aliphatic rings. The lowest BCUT2D eigenvalue weighted by atomic mass is 10.1. The molecule has 0 bridgehead atoms. The first kappa shape index (κ1) is 14.8. The first-order valence-corrected chi connectivity index (χ1v) is 6.90. The quantitative estimate of drug-likeness (QED) is 0.664. The lowest BCUT2D eigenvalue weighted by molar-refractivity contribution is -0.121. The Morgan fingerprint density at radius 2 is 1.90 bits per heavy atom. The van der Waals surface area contributed by atoms with Crippen molar-refractivity contribution in [2.45, 2.75) is 0 Å². The average Bonchev–Trinajstić information content (AvgIpc) is 2.68. The van der Waals surface area contributed by atoms with Gasteiger partial charge in [0.25, 0.3) is 5.91 Å². The van der Waals surface area contributed by atoms with E-state index in [1.165, 1.54) is 4.90 Å². The van der Waals surface area contributed by atoms with Gasteiger partial charge in [-0.2, -0.15) is 0 Å². The molecule has 0 aromatic heterocycles. The molecule has 0 atom stereocenters. The van der Waals surface area contributed by atoms with Crippen molar-refractivity contribution in [2.24, 2.45) is 0 Å². The Morgan fingerprint density at radius 3 is 2.40 bits per heavy atom. The first-order chi connectivity index (χ1) is 9.47. The lowest BCUT2D eigenvalue weighted by Gasteiger charge is -2.10. The van der Waals surface area contributed by atoms with Crippen LogP contribution in [-0.4, -0.2) is 37.2 Å². The minimum absolute atomic E-state index is 0.170. The number of nitrogens with one attached hydrogen (secondary N) is 1. The molecule has 20 heavy (non-hydrogen) atoms. The Kier molecular flexibility index (Phi) is 4.29. The molecule has 1 aromatic carbocycles. The van der Waals surface area contributed by atoms with E-state index in [2.05, 4.69) is 21.2 Å². The van der Waals surface area contributed by atoms with E-state index in [0.29, 0.717) is 22.3 Å². The minimum Gasteiger partial charge on any atom is -0.493 e. The third-order valence-corrected chi connectivity index (χ3v) is 3.95. The van der Waals surface area contributed by atoms with Crippen molar-refractivity contribution in [3.8, 4) is 11.5 Å². The highest BCUT2D eigenvalue weighted by molar-refractivity contribution is 9.10. The fourth-order valence-corrected chi connectivity index (χ4v) is 2.39. The second-order valence-electron chi connectivity index (χ2n) is 4.08. The van der Waals surface area contributed by atoms with Crippen LogP contribution in [0, 0.1) is 0 Å². The molecule has 0 aliphatic carbocycles. The predicted octanol–water partition coefficient (Wildman–Crippen LogP) is 2.15. The van der Waals surface area contributed by atoms with Crippen LogP contribution in [0.1, 0.15) is 5.56 Å². The van der Waals surface area contributed by atoms with Crippen LogP contribution in [0.15, 0.2) is 22.3 Å². The van der Waals surface area contributed by atoms with Gasteiger partial charge in [0.2, 0.25) is 0 Å². The second kappa shape index (κ2) is 5.80. The van der Waals surface area contributed by atoms with E-state index >= 15 is 0 Å². The maximum Gasteiger partial charge on any atom is 0.276 e. The number of carbonyl (C=O) groups excluding carboxylic acids is 1. The zero-order chi connectivity index (χ0) is 14.9. The number of halogens is 1. The van der Waals surface area contributed by atoms with Gasteiger partial charge in [0, 0.05) is 11.5 Å². The van der Waals surface area contributed by atoms with Crippen molar-refractivity contribution in [3.63, 3.8) is 0 Å². The monoisotopic (exact) mass is 356 g/mol. The molecule has 0 radical (unpaired) electrons. The van der Waals surface area contributed by atoms with Crippen LogP contribution in [0.5, 0.6) is 11.5 Å². The van der Waals surface area contributed by atoms with Gasteiger partial charge >= 0.3 is 0 Å². The molecule has 1 N–H and O–H groups in total. The molecule has 1 amide bonds. The van der Waals surface area contributed by atoms with Crippen LogP contribution in [0.3, 0.4) is 0 Å². The van der Waals surface area contributed by atoms with Crippen molar-refractivity contribution < 1.29 is 14.3 Å². The van der Waals surface area contributed by atoms with Gasteiger partial charge in [-0.05, 0) is 36.0 Å². The van der Waals surface area contributed by atoms with E-state index < -0.39 is 0 Å². The van der Waals surface area contributed by atoms with Gasteiger partial charge < -0.3 is 14.8 Å². The lowest BCUT2D eigenvalue weighted by Crippen LogP contribution is -2.25. The number of nitrogens with zero attached hydrogens (tertiary/aromatic N) is 1. The average molecular weight is 357 g/mol. The van der Waals surface area contributed by atoms with Crippen LogP contribution in [-0.2, 0) is 4.79 Å². The summed E-state index contributed by atoms with van der Waals surface area (Å²) in [5, 5.41) is 3.26. The van der Waals surface area contributed by atoms with Crippen molar-refractivity contribution in [1.82, 2.24) is 10.2 Å². The van der Waals surface area contributed by atoms with Crippen LogP contribution < -0.4 is 14.8 Å². The van der Waals surface area contributed by atoms with Gasteiger partial charge in [-0.25, -0.2) is 0 Å². The molecular formula is C13H13BrN2O3S. The van der Waals surface area contributed by atoms with Crippen molar-refractivity contribution in [2.75, 3.05) is 21.3 Å². The number of likely N-dealkylation sites (N-methyl/N-ethyl adjacent to an activating group) is 1. The summed E-state index contributed by atoms with van der Waals surface area (Å²) in [6, 6.07) is 3.57. The Balaban J connectivity index is 2.44. The fraction of sp³-hybridized carbons (Fsp3) is 0.231. The van der Waals surface area contributed by atoms with Gasteiger partial charge in [-0.1, -0.05) is 15.9 Å². The van der Waals surface area contributed by atoms with Gasteiger partial charge in [0.1, 0.15) is 5.70 Å². The molecule has 1 fully saturated rings. The van der Waals surface area contributed by atoms with Gasteiger partial charge in [-0.15, -0.1) is 0 Å². The Bertz CT molecular complexity index is 616. The molecule has 1 heterocycles. The SMILES string of the molecule is COc1cc(Br)c(C=C2NC(=S)N(C)C2=O)cc1OC. The maximum absolute atomic E-state index is 11.9. The predicted molar refractivity (Wildman–Crippen MR) is 83.7 cm³/mol. The summed E-state index contributed by atoms with van der Waals surface area (Å²) in [5.41, 5.74) is 1.21. The summed E-state index contributed by atoms with van der Waals surface area (Å²) in [5.74, 6) is 1.03. The van der Waals surface area contributed by atoms with Crippen LogP contribution in [0.4, 0.5) is 0 Å². The van der Waals surface area contributed by atoms with E-state index in [9.17, 15) is 4.79 Å². The Labute approximate surface area is 130 Å². The number of carbonyl (C=O) groups is 1. The topological polar surface area (TPSA) is 50.8 Å². The summed E-state index contributed by atoms with van der Waals surface area (Å²) < 4.78 is 11.2. The first-order valence-electron chi connectivity index (χ1n) is 5.70. The molecule has 0 spiro atoms. The van der Waals surface area contributed by atoms with Gasteiger partial charge in [0.05, 0.1) is 14.2 Å².